The molecule has 2 aliphatic rings. The Hall–Kier alpha value is -3.65. The lowest BCUT2D eigenvalue weighted by molar-refractivity contribution is 0.0501. The van der Waals surface area contributed by atoms with Crippen LogP contribution in [-0.2, 0) is 11.2 Å². The van der Waals surface area contributed by atoms with Crippen molar-refractivity contribution >= 4 is 17.1 Å². The van der Waals surface area contributed by atoms with Crippen LogP contribution in [0.2, 0.25) is 0 Å². The van der Waals surface area contributed by atoms with Crippen LogP contribution in [0.4, 0.5) is 4.79 Å². The average molecular weight is 502 g/mol. The molecule has 1 aliphatic carbocycles. The Morgan fingerprint density at radius 1 is 1.19 bits per heavy atom. The van der Waals surface area contributed by atoms with Gasteiger partial charge in [-0.3, -0.25) is 0 Å². The highest BCUT2D eigenvalue weighted by atomic mass is 16.6. The predicted molar refractivity (Wildman–Crippen MR) is 138 cm³/mol. The molecule has 2 unspecified atom stereocenters. The Morgan fingerprint density at radius 2 is 1.95 bits per heavy atom. The van der Waals surface area contributed by atoms with Gasteiger partial charge < -0.3 is 19.1 Å². The number of aliphatic hydroxyl groups is 1. The summed E-state index contributed by atoms with van der Waals surface area (Å²) in [7, 11) is 0. The number of hydrogen-bond acceptors (Lipinski definition) is 7. The Morgan fingerprint density at radius 3 is 2.59 bits per heavy atom. The summed E-state index contributed by atoms with van der Waals surface area (Å²) in [6.07, 6.45) is 0.582. The second-order valence-electron chi connectivity index (χ2n) is 11.1. The van der Waals surface area contributed by atoms with Gasteiger partial charge in [0.1, 0.15) is 35.1 Å². The third-order valence-corrected chi connectivity index (χ3v) is 7.00. The van der Waals surface area contributed by atoms with Crippen molar-refractivity contribution in [1.82, 2.24) is 14.7 Å². The fourth-order valence-corrected chi connectivity index (χ4v) is 5.19. The van der Waals surface area contributed by atoms with Crippen molar-refractivity contribution in [2.24, 2.45) is 0 Å². The highest BCUT2D eigenvalue weighted by Crippen LogP contribution is 2.44. The van der Waals surface area contributed by atoms with Crippen LogP contribution in [0, 0.1) is 13.8 Å². The number of carbonyl (C=O) groups excluding carboxylic acids is 1. The van der Waals surface area contributed by atoms with Crippen molar-refractivity contribution in [1.29, 1.82) is 0 Å². The van der Waals surface area contributed by atoms with Gasteiger partial charge in [0.2, 0.25) is 0 Å². The molecule has 3 heterocycles. The molecule has 8 heteroatoms. The van der Waals surface area contributed by atoms with Crippen molar-refractivity contribution in [2.75, 3.05) is 0 Å². The van der Waals surface area contributed by atoms with E-state index in [9.17, 15) is 9.90 Å². The van der Waals surface area contributed by atoms with E-state index in [1.54, 1.807) is 4.57 Å². The largest absolute Gasteiger partial charge is 0.487 e. The maximum absolute atomic E-state index is 13.5. The van der Waals surface area contributed by atoms with Crippen LogP contribution >= 0.6 is 0 Å². The van der Waals surface area contributed by atoms with Gasteiger partial charge >= 0.3 is 6.09 Å². The molecule has 1 N–H and O–H groups in total. The molecule has 0 saturated heterocycles. The lowest BCUT2D eigenvalue weighted by Gasteiger charge is -2.21. The van der Waals surface area contributed by atoms with Crippen molar-refractivity contribution < 1.29 is 23.9 Å². The van der Waals surface area contributed by atoms with Gasteiger partial charge in [0.25, 0.3) is 0 Å². The maximum Gasteiger partial charge on any atom is 0.420 e. The minimum atomic E-state index is -0.968. The number of rotatable bonds is 4. The van der Waals surface area contributed by atoms with Crippen LogP contribution in [0.25, 0.3) is 22.2 Å². The van der Waals surface area contributed by atoms with Gasteiger partial charge in [-0.1, -0.05) is 23.4 Å². The first-order valence-electron chi connectivity index (χ1n) is 12.8. The van der Waals surface area contributed by atoms with E-state index in [0.717, 1.165) is 41.0 Å². The van der Waals surface area contributed by atoms with Crippen LogP contribution in [0.3, 0.4) is 0 Å². The standard InChI is InChI=1S/C29H31N3O5/c1-15-24(16(2)37-31-15)19-12-20(26(33)23-14-18-8-6-7-9-22(18)35-23)25-21(13-19)32(27(30-25)17-10-11-17)28(34)36-29(3,4)5/h6-9,12-13,17,23,26,33H,10-11,14H2,1-5H3. The summed E-state index contributed by atoms with van der Waals surface area (Å²) < 4.78 is 19.0. The Balaban J connectivity index is 1.55. The molecule has 1 fully saturated rings. The van der Waals surface area contributed by atoms with Gasteiger partial charge in [0, 0.05) is 23.5 Å². The summed E-state index contributed by atoms with van der Waals surface area (Å²) in [6, 6.07) is 11.7. The lowest BCUT2D eigenvalue weighted by atomic mass is 9.94. The Kier molecular flexibility index (Phi) is 5.42. The van der Waals surface area contributed by atoms with Gasteiger partial charge in [-0.2, -0.15) is 0 Å². The minimum Gasteiger partial charge on any atom is -0.487 e. The van der Waals surface area contributed by atoms with Crippen molar-refractivity contribution in [3.63, 3.8) is 0 Å². The number of carbonyl (C=O) groups is 1. The maximum atomic E-state index is 13.5. The van der Waals surface area contributed by atoms with E-state index in [2.05, 4.69) is 5.16 Å². The van der Waals surface area contributed by atoms with E-state index in [1.165, 1.54) is 0 Å². The van der Waals surface area contributed by atoms with Crippen LogP contribution in [0.1, 0.15) is 74.0 Å². The van der Waals surface area contributed by atoms with Gasteiger partial charge in [0.15, 0.2) is 0 Å². The molecule has 0 radical (unpaired) electrons. The normalized spacial score (nSPS) is 18.1. The fourth-order valence-electron chi connectivity index (χ4n) is 5.19. The molecule has 2 atom stereocenters. The molecular weight excluding hydrogens is 470 g/mol. The molecule has 0 bridgehead atoms. The molecule has 6 rings (SSSR count). The van der Waals surface area contributed by atoms with E-state index in [1.807, 2.05) is 71.0 Å². The zero-order valence-electron chi connectivity index (χ0n) is 21.7. The number of aliphatic hydroxyl groups excluding tert-OH is 1. The zero-order chi connectivity index (χ0) is 26.1. The SMILES string of the molecule is Cc1noc(C)c1-c1cc(C(O)C2Cc3ccccc3O2)c2nc(C3CC3)n(C(=O)OC(C)(C)C)c2c1. The van der Waals surface area contributed by atoms with E-state index in [4.69, 9.17) is 19.0 Å². The number of benzene rings is 2. The fraction of sp³-hybridized carbons (Fsp3) is 0.414. The van der Waals surface area contributed by atoms with Gasteiger partial charge in [-0.25, -0.2) is 14.3 Å². The summed E-state index contributed by atoms with van der Waals surface area (Å²) in [5.41, 5.74) is 4.52. The number of aromatic nitrogens is 3. The summed E-state index contributed by atoms with van der Waals surface area (Å²) in [6.45, 7) is 9.28. The highest BCUT2D eigenvalue weighted by Gasteiger charge is 2.37. The zero-order valence-corrected chi connectivity index (χ0v) is 21.7. The van der Waals surface area contributed by atoms with E-state index < -0.39 is 23.9 Å². The van der Waals surface area contributed by atoms with Crippen LogP contribution in [-0.4, -0.2) is 37.6 Å². The lowest BCUT2D eigenvalue weighted by Crippen LogP contribution is -2.28. The summed E-state index contributed by atoms with van der Waals surface area (Å²) in [5.74, 6) is 2.29. The smallest absolute Gasteiger partial charge is 0.420 e. The number of ether oxygens (including phenoxy) is 2. The van der Waals surface area contributed by atoms with Crippen LogP contribution in [0.5, 0.6) is 5.75 Å². The van der Waals surface area contributed by atoms with Gasteiger partial charge in [-0.15, -0.1) is 0 Å². The molecule has 8 nitrogen and oxygen atoms in total. The topological polar surface area (TPSA) is 99.6 Å². The number of imidazole rings is 1. The number of nitrogens with zero attached hydrogens (tertiary/aromatic N) is 3. The molecule has 1 saturated carbocycles. The van der Waals surface area contributed by atoms with E-state index in [-0.39, 0.29) is 5.92 Å². The molecule has 2 aromatic carbocycles. The first-order valence-corrected chi connectivity index (χ1v) is 12.8. The summed E-state index contributed by atoms with van der Waals surface area (Å²) in [5, 5.41) is 15.8. The van der Waals surface area contributed by atoms with Crippen molar-refractivity contribution in [3.8, 4) is 16.9 Å². The molecule has 0 spiro atoms. The first-order chi connectivity index (χ1) is 17.6. The molecule has 0 amide bonds. The number of hydrogen-bond donors (Lipinski definition) is 1. The average Bonchev–Trinajstić information content (AvgIpc) is 3.33. The van der Waals surface area contributed by atoms with E-state index in [0.29, 0.717) is 34.6 Å². The quantitative estimate of drug-likeness (QED) is 0.366. The second-order valence-corrected chi connectivity index (χ2v) is 11.1. The molecule has 4 aromatic rings. The van der Waals surface area contributed by atoms with Gasteiger partial charge in [-0.05, 0) is 76.8 Å². The molecule has 1 aliphatic heterocycles. The summed E-state index contributed by atoms with van der Waals surface area (Å²) >= 11 is 0. The number of fused-ring (bicyclic) bond motifs is 2. The van der Waals surface area contributed by atoms with Crippen LogP contribution < -0.4 is 4.74 Å². The monoisotopic (exact) mass is 501 g/mol. The molecule has 192 valence electrons. The molecular formula is C29H31N3O5. The molecule has 37 heavy (non-hydrogen) atoms. The number of para-hydroxylation sites is 1. The number of aryl methyl sites for hydroxylation is 2. The molecule has 2 aromatic heterocycles. The minimum absolute atomic E-state index is 0.180. The third-order valence-electron chi connectivity index (χ3n) is 7.00. The van der Waals surface area contributed by atoms with Crippen LogP contribution in [0.15, 0.2) is 40.9 Å². The first kappa shape index (κ1) is 23.7. The Bertz CT molecular complexity index is 1480. The second kappa shape index (κ2) is 8.45. The Labute approximate surface area is 215 Å². The van der Waals surface area contributed by atoms with Crippen molar-refractivity contribution in [2.45, 2.75) is 77.6 Å². The predicted octanol–water partition coefficient (Wildman–Crippen LogP) is 6.01. The summed E-state index contributed by atoms with van der Waals surface area (Å²) in [4.78, 5) is 18.4. The van der Waals surface area contributed by atoms with E-state index >= 15 is 0 Å². The van der Waals surface area contributed by atoms with Gasteiger partial charge in [0.05, 0.1) is 16.7 Å². The highest BCUT2D eigenvalue weighted by molar-refractivity contribution is 5.93. The van der Waals surface area contributed by atoms with Crippen molar-refractivity contribution in [3.05, 3.63) is 64.8 Å². The third kappa shape index (κ3) is 4.19.